The highest BCUT2D eigenvalue weighted by Crippen LogP contribution is 2.19. The number of carbonyl (C=O) groups excluding carboxylic acids is 1. The highest BCUT2D eigenvalue weighted by atomic mass is 35.5. The van der Waals surface area contributed by atoms with Crippen molar-refractivity contribution in [1.82, 2.24) is 4.57 Å². The predicted octanol–water partition coefficient (Wildman–Crippen LogP) is 2.82. The van der Waals surface area contributed by atoms with Gasteiger partial charge in [0, 0.05) is 21.8 Å². The Labute approximate surface area is 119 Å². The van der Waals surface area contributed by atoms with Crippen LogP contribution < -0.4 is 10.2 Å². The first-order valence-electron chi connectivity index (χ1n) is 5.68. The molecule has 0 saturated heterocycles. The van der Waals surface area contributed by atoms with E-state index in [4.69, 9.17) is 11.6 Å². The largest absolute Gasteiger partial charge is 0.324 e. The molecule has 0 unspecified atom stereocenters. The Morgan fingerprint density at radius 1 is 1.42 bits per heavy atom. The fourth-order valence-corrected chi connectivity index (χ4v) is 2.53. The molecule has 2 aromatic rings. The summed E-state index contributed by atoms with van der Waals surface area (Å²) in [5.41, 5.74) is 2.36. The topological polar surface area (TPSA) is 51.1 Å². The van der Waals surface area contributed by atoms with E-state index in [1.54, 1.807) is 24.4 Å². The minimum absolute atomic E-state index is 0.0136. The molecular weight excluding hydrogens is 284 g/mol. The normalized spacial score (nSPS) is 10.5. The van der Waals surface area contributed by atoms with Crippen LogP contribution in [0.5, 0.6) is 0 Å². The number of thiazole rings is 1. The first-order valence-corrected chi connectivity index (χ1v) is 6.94. The van der Waals surface area contributed by atoms with E-state index in [1.807, 2.05) is 13.0 Å². The number of benzene rings is 1. The lowest BCUT2D eigenvalue weighted by Crippen LogP contribution is -2.25. The highest BCUT2D eigenvalue weighted by Gasteiger charge is 2.09. The second kappa shape index (κ2) is 5.59. The van der Waals surface area contributed by atoms with E-state index in [-0.39, 0.29) is 17.3 Å². The summed E-state index contributed by atoms with van der Waals surface area (Å²) in [6, 6.07) is 5.31. The number of anilines is 1. The van der Waals surface area contributed by atoms with Crippen molar-refractivity contribution >= 4 is 34.5 Å². The van der Waals surface area contributed by atoms with E-state index in [9.17, 15) is 9.59 Å². The van der Waals surface area contributed by atoms with Gasteiger partial charge in [-0.1, -0.05) is 29.0 Å². The molecule has 0 atom stereocenters. The van der Waals surface area contributed by atoms with Gasteiger partial charge in [-0.15, -0.1) is 0 Å². The van der Waals surface area contributed by atoms with Crippen molar-refractivity contribution in [2.45, 2.75) is 20.4 Å². The Bertz CT molecular complexity index is 676. The second-order valence-electron chi connectivity index (χ2n) is 4.24. The van der Waals surface area contributed by atoms with Crippen molar-refractivity contribution in [2.75, 3.05) is 5.32 Å². The SMILES string of the molecule is Cc1ccc(NC(=O)Cn2c(C)csc2=O)cc1Cl. The van der Waals surface area contributed by atoms with E-state index < -0.39 is 0 Å². The van der Waals surface area contributed by atoms with Crippen LogP contribution in [0.25, 0.3) is 0 Å². The summed E-state index contributed by atoms with van der Waals surface area (Å²) in [6.07, 6.45) is 0. The van der Waals surface area contributed by atoms with Crippen LogP contribution in [0, 0.1) is 13.8 Å². The summed E-state index contributed by atoms with van der Waals surface area (Å²) in [5.74, 6) is -0.247. The second-order valence-corrected chi connectivity index (χ2v) is 5.47. The number of hydrogen-bond donors (Lipinski definition) is 1. The monoisotopic (exact) mass is 296 g/mol. The van der Waals surface area contributed by atoms with Gasteiger partial charge >= 0.3 is 4.87 Å². The van der Waals surface area contributed by atoms with Gasteiger partial charge < -0.3 is 5.32 Å². The third-order valence-corrected chi connectivity index (χ3v) is 4.02. The molecule has 0 radical (unpaired) electrons. The van der Waals surface area contributed by atoms with E-state index in [0.29, 0.717) is 10.7 Å². The van der Waals surface area contributed by atoms with Crippen molar-refractivity contribution in [3.8, 4) is 0 Å². The lowest BCUT2D eigenvalue weighted by atomic mass is 10.2. The fourth-order valence-electron chi connectivity index (χ4n) is 1.61. The zero-order valence-corrected chi connectivity index (χ0v) is 12.1. The summed E-state index contributed by atoms with van der Waals surface area (Å²) in [7, 11) is 0. The van der Waals surface area contributed by atoms with Crippen LogP contribution in [0.4, 0.5) is 5.69 Å². The maximum atomic E-state index is 11.9. The number of halogens is 1. The van der Waals surface area contributed by atoms with E-state index >= 15 is 0 Å². The van der Waals surface area contributed by atoms with Crippen molar-refractivity contribution in [1.29, 1.82) is 0 Å². The molecule has 0 spiro atoms. The summed E-state index contributed by atoms with van der Waals surface area (Å²) in [5, 5.41) is 5.06. The maximum Gasteiger partial charge on any atom is 0.307 e. The summed E-state index contributed by atoms with van der Waals surface area (Å²) in [6.45, 7) is 3.70. The van der Waals surface area contributed by atoms with Crippen LogP contribution in [0.1, 0.15) is 11.3 Å². The summed E-state index contributed by atoms with van der Waals surface area (Å²) < 4.78 is 1.44. The Hall–Kier alpha value is -1.59. The smallest absolute Gasteiger partial charge is 0.307 e. The van der Waals surface area contributed by atoms with Gasteiger partial charge in [-0.05, 0) is 31.5 Å². The van der Waals surface area contributed by atoms with Crippen LogP contribution in [0.3, 0.4) is 0 Å². The van der Waals surface area contributed by atoms with Gasteiger partial charge in [0.05, 0.1) is 0 Å². The maximum absolute atomic E-state index is 11.9. The van der Waals surface area contributed by atoms with Crippen LogP contribution in [0.15, 0.2) is 28.4 Å². The lowest BCUT2D eigenvalue weighted by molar-refractivity contribution is -0.116. The summed E-state index contributed by atoms with van der Waals surface area (Å²) >= 11 is 7.08. The predicted molar refractivity (Wildman–Crippen MR) is 78.1 cm³/mol. The average molecular weight is 297 g/mol. The molecule has 0 aliphatic heterocycles. The minimum atomic E-state index is -0.247. The molecule has 1 N–H and O–H groups in total. The molecule has 2 rings (SSSR count). The number of carbonyl (C=O) groups is 1. The van der Waals surface area contributed by atoms with Gasteiger partial charge in [-0.2, -0.15) is 0 Å². The number of nitrogens with zero attached hydrogens (tertiary/aromatic N) is 1. The Kier molecular flexibility index (Phi) is 4.07. The Balaban J connectivity index is 2.09. The van der Waals surface area contributed by atoms with Gasteiger partial charge in [-0.3, -0.25) is 14.2 Å². The first-order chi connectivity index (χ1) is 8.97. The summed E-state index contributed by atoms with van der Waals surface area (Å²) in [4.78, 5) is 23.2. The number of rotatable bonds is 3. The molecule has 4 nitrogen and oxygen atoms in total. The third kappa shape index (κ3) is 3.24. The van der Waals surface area contributed by atoms with Gasteiger partial charge in [-0.25, -0.2) is 0 Å². The standard InChI is InChI=1S/C13H13ClN2O2S/c1-8-3-4-10(5-11(8)14)15-12(17)6-16-9(2)7-19-13(16)18/h3-5,7H,6H2,1-2H3,(H,15,17). The van der Waals surface area contributed by atoms with Crippen LogP contribution in [-0.4, -0.2) is 10.5 Å². The fraction of sp³-hybridized carbons (Fsp3) is 0.231. The van der Waals surface area contributed by atoms with E-state index in [0.717, 1.165) is 22.6 Å². The third-order valence-electron chi connectivity index (χ3n) is 2.73. The van der Waals surface area contributed by atoms with Gasteiger partial charge in [0.15, 0.2) is 0 Å². The molecule has 0 aliphatic carbocycles. The molecule has 0 fully saturated rings. The minimum Gasteiger partial charge on any atom is -0.324 e. The number of nitrogens with one attached hydrogen (secondary N) is 1. The molecule has 0 bridgehead atoms. The Morgan fingerprint density at radius 2 is 2.16 bits per heavy atom. The van der Waals surface area contributed by atoms with Gasteiger partial charge in [0.2, 0.25) is 5.91 Å². The van der Waals surface area contributed by atoms with Gasteiger partial charge in [0.1, 0.15) is 6.54 Å². The van der Waals surface area contributed by atoms with Crippen molar-refractivity contribution in [2.24, 2.45) is 0 Å². The zero-order chi connectivity index (χ0) is 14.0. The van der Waals surface area contributed by atoms with Crippen LogP contribution >= 0.6 is 22.9 Å². The Morgan fingerprint density at radius 3 is 2.74 bits per heavy atom. The van der Waals surface area contributed by atoms with Crippen molar-refractivity contribution in [3.05, 3.63) is 49.5 Å². The number of aryl methyl sites for hydroxylation is 2. The van der Waals surface area contributed by atoms with Crippen LogP contribution in [0.2, 0.25) is 5.02 Å². The van der Waals surface area contributed by atoms with Crippen molar-refractivity contribution < 1.29 is 4.79 Å². The zero-order valence-electron chi connectivity index (χ0n) is 10.6. The molecule has 19 heavy (non-hydrogen) atoms. The van der Waals surface area contributed by atoms with Crippen LogP contribution in [-0.2, 0) is 11.3 Å². The molecule has 1 heterocycles. The molecule has 1 aromatic carbocycles. The molecule has 0 aliphatic rings. The molecule has 0 saturated carbocycles. The van der Waals surface area contributed by atoms with Gasteiger partial charge in [0.25, 0.3) is 0 Å². The average Bonchev–Trinajstić information content (AvgIpc) is 2.66. The highest BCUT2D eigenvalue weighted by molar-refractivity contribution is 7.07. The molecule has 100 valence electrons. The number of hydrogen-bond acceptors (Lipinski definition) is 3. The van der Waals surface area contributed by atoms with E-state index in [1.165, 1.54) is 4.57 Å². The first kappa shape index (κ1) is 13.8. The van der Waals surface area contributed by atoms with E-state index in [2.05, 4.69) is 5.32 Å². The van der Waals surface area contributed by atoms with Crippen molar-refractivity contribution in [3.63, 3.8) is 0 Å². The molecule has 1 amide bonds. The molecular formula is C13H13ClN2O2S. The quantitative estimate of drug-likeness (QED) is 0.947. The number of amides is 1. The molecule has 1 aromatic heterocycles. The lowest BCUT2D eigenvalue weighted by Gasteiger charge is -2.08. The molecule has 6 heteroatoms. The number of aromatic nitrogens is 1.